The summed E-state index contributed by atoms with van der Waals surface area (Å²) in [6, 6.07) is 6.42. The summed E-state index contributed by atoms with van der Waals surface area (Å²) in [5.41, 5.74) is 1.24. The number of aromatic nitrogens is 3. The lowest BCUT2D eigenvalue weighted by molar-refractivity contribution is -0.274. The highest BCUT2D eigenvalue weighted by atomic mass is 32.2. The maximum absolute atomic E-state index is 12.5. The summed E-state index contributed by atoms with van der Waals surface area (Å²) in [5.74, 6) is -0.330. The molecule has 0 bridgehead atoms. The van der Waals surface area contributed by atoms with Gasteiger partial charge in [0, 0.05) is 24.4 Å². The van der Waals surface area contributed by atoms with E-state index in [0.717, 1.165) is 0 Å². The molecule has 0 unspecified atom stereocenters. The lowest BCUT2D eigenvalue weighted by atomic mass is 10.1. The third-order valence-electron chi connectivity index (χ3n) is 4.31. The van der Waals surface area contributed by atoms with Gasteiger partial charge in [0.1, 0.15) is 11.4 Å². The molecule has 30 heavy (non-hydrogen) atoms. The van der Waals surface area contributed by atoms with Crippen LogP contribution in [0.3, 0.4) is 0 Å². The van der Waals surface area contributed by atoms with Crippen molar-refractivity contribution < 1.29 is 31.1 Å². The molecule has 0 saturated carbocycles. The third kappa shape index (κ3) is 4.35. The zero-order chi connectivity index (χ0) is 22.1. The molecule has 0 aliphatic heterocycles. The van der Waals surface area contributed by atoms with Crippen LogP contribution in [0.25, 0.3) is 22.8 Å². The van der Waals surface area contributed by atoms with Crippen LogP contribution < -0.4 is 4.74 Å². The van der Waals surface area contributed by atoms with Gasteiger partial charge in [-0.2, -0.15) is 0 Å². The first-order chi connectivity index (χ1) is 14.1. The van der Waals surface area contributed by atoms with Gasteiger partial charge in [0.25, 0.3) is 0 Å². The number of carbonyl (C=O) groups is 1. The van der Waals surface area contributed by atoms with Crippen LogP contribution >= 0.6 is 0 Å². The molecular formula is C19H16F3N3O4S. The molecule has 0 amide bonds. The van der Waals surface area contributed by atoms with Gasteiger partial charge in [0.05, 0.1) is 22.5 Å². The molecule has 0 aliphatic rings. The van der Waals surface area contributed by atoms with Crippen LogP contribution in [0.4, 0.5) is 13.2 Å². The van der Waals surface area contributed by atoms with Crippen molar-refractivity contribution in [1.29, 1.82) is 0 Å². The summed E-state index contributed by atoms with van der Waals surface area (Å²) in [6.45, 7) is 1.47. The normalized spacial score (nSPS) is 12.0. The number of hydrogen-bond acceptors (Lipinski definition) is 6. The molecule has 0 spiro atoms. The Morgan fingerprint density at radius 2 is 1.80 bits per heavy atom. The van der Waals surface area contributed by atoms with Crippen LogP contribution in [0.1, 0.15) is 17.3 Å². The number of rotatable bonds is 6. The lowest BCUT2D eigenvalue weighted by Crippen LogP contribution is -2.16. The maximum atomic E-state index is 12.5. The fourth-order valence-electron chi connectivity index (χ4n) is 2.81. The molecule has 0 atom stereocenters. The highest BCUT2D eigenvalue weighted by Gasteiger charge is 2.31. The van der Waals surface area contributed by atoms with Crippen molar-refractivity contribution in [3.63, 3.8) is 0 Å². The Hall–Kier alpha value is -3.21. The molecule has 11 heteroatoms. The molecule has 0 fully saturated rings. The van der Waals surface area contributed by atoms with Gasteiger partial charge in [0.15, 0.2) is 21.9 Å². The number of ether oxygens (including phenoxy) is 1. The predicted molar refractivity (Wildman–Crippen MR) is 102 cm³/mol. The number of hydrogen-bond donors (Lipinski definition) is 0. The van der Waals surface area contributed by atoms with Crippen LogP contribution in [0.5, 0.6) is 5.75 Å². The summed E-state index contributed by atoms with van der Waals surface area (Å²) in [7, 11) is -2.08. The summed E-state index contributed by atoms with van der Waals surface area (Å²) < 4.78 is 67.4. The average Bonchev–Trinajstić information content (AvgIpc) is 3.08. The van der Waals surface area contributed by atoms with Crippen LogP contribution in [0, 0.1) is 0 Å². The molecule has 0 aliphatic carbocycles. The Labute approximate surface area is 170 Å². The molecule has 158 valence electrons. The van der Waals surface area contributed by atoms with Gasteiger partial charge >= 0.3 is 6.36 Å². The Bertz CT molecular complexity index is 1190. The largest absolute Gasteiger partial charge is 0.573 e. The van der Waals surface area contributed by atoms with Crippen LogP contribution in [0.2, 0.25) is 0 Å². The van der Waals surface area contributed by atoms with Crippen molar-refractivity contribution in [2.24, 2.45) is 7.05 Å². The Morgan fingerprint density at radius 3 is 2.37 bits per heavy atom. The van der Waals surface area contributed by atoms with Gasteiger partial charge < -0.3 is 9.30 Å². The second kappa shape index (κ2) is 7.90. The number of pyridine rings is 1. The molecule has 0 N–H and O–H groups in total. The van der Waals surface area contributed by atoms with E-state index in [9.17, 15) is 26.4 Å². The molecule has 1 aromatic carbocycles. The Morgan fingerprint density at radius 1 is 1.13 bits per heavy atom. The summed E-state index contributed by atoms with van der Waals surface area (Å²) in [4.78, 5) is 19.3. The number of benzene rings is 1. The first-order valence-electron chi connectivity index (χ1n) is 8.62. The highest BCUT2D eigenvalue weighted by Crippen LogP contribution is 2.31. The van der Waals surface area contributed by atoms with Crippen molar-refractivity contribution >= 4 is 16.1 Å². The van der Waals surface area contributed by atoms with Crippen molar-refractivity contribution in [3.8, 4) is 28.5 Å². The van der Waals surface area contributed by atoms with E-state index < -0.39 is 16.2 Å². The van der Waals surface area contributed by atoms with E-state index in [0.29, 0.717) is 17.5 Å². The summed E-state index contributed by atoms with van der Waals surface area (Å²) in [5, 5.41) is 0. The van der Waals surface area contributed by atoms with Crippen LogP contribution in [0.15, 0.2) is 47.6 Å². The minimum absolute atomic E-state index is 0.0771. The van der Waals surface area contributed by atoms with Crippen LogP contribution in [-0.2, 0) is 16.9 Å². The molecule has 2 aromatic heterocycles. The van der Waals surface area contributed by atoms with E-state index in [1.165, 1.54) is 49.6 Å². The fraction of sp³-hybridized carbons (Fsp3) is 0.211. The second-order valence-electron chi connectivity index (χ2n) is 6.23. The monoisotopic (exact) mass is 439 g/mol. The number of nitrogens with zero attached hydrogens (tertiary/aromatic N) is 3. The van der Waals surface area contributed by atoms with Crippen molar-refractivity contribution in [2.75, 3.05) is 5.75 Å². The van der Waals surface area contributed by atoms with Crippen molar-refractivity contribution in [2.45, 2.75) is 18.2 Å². The Kier molecular flexibility index (Phi) is 5.66. The minimum Gasteiger partial charge on any atom is -0.406 e. The van der Waals surface area contributed by atoms with E-state index in [2.05, 4.69) is 14.7 Å². The minimum atomic E-state index is -4.79. The molecule has 3 aromatic rings. The highest BCUT2D eigenvalue weighted by molar-refractivity contribution is 7.91. The fourth-order valence-corrected chi connectivity index (χ4v) is 3.88. The second-order valence-corrected chi connectivity index (χ2v) is 8.48. The first-order valence-corrected chi connectivity index (χ1v) is 10.3. The van der Waals surface area contributed by atoms with Crippen molar-refractivity contribution in [3.05, 3.63) is 48.3 Å². The molecule has 2 heterocycles. The van der Waals surface area contributed by atoms with Gasteiger partial charge in [-0.15, -0.1) is 13.2 Å². The van der Waals surface area contributed by atoms with Gasteiger partial charge in [-0.3, -0.25) is 9.78 Å². The van der Waals surface area contributed by atoms with E-state index >= 15 is 0 Å². The van der Waals surface area contributed by atoms with E-state index in [1.54, 1.807) is 11.6 Å². The number of imidazole rings is 1. The van der Waals surface area contributed by atoms with Crippen LogP contribution in [-0.4, -0.2) is 41.4 Å². The van der Waals surface area contributed by atoms with E-state index in [-0.39, 0.29) is 33.5 Å². The first kappa shape index (κ1) is 21.5. The van der Waals surface area contributed by atoms with E-state index in [4.69, 9.17) is 0 Å². The number of alkyl halides is 3. The standard InChI is InChI=1S/C19H16F3N3O4S/c1-3-30(27,28)16-8-12(11-26)9-23-17(16)18-24-10-15(25(18)2)13-4-6-14(7-5-13)29-19(20,21)22/h4-11H,3H2,1-2H3. The molecule has 7 nitrogen and oxygen atoms in total. The zero-order valence-corrected chi connectivity index (χ0v) is 16.7. The number of sulfone groups is 1. The van der Waals surface area contributed by atoms with E-state index in [1.807, 2.05) is 0 Å². The molecular weight excluding hydrogens is 423 g/mol. The summed E-state index contributed by atoms with van der Waals surface area (Å²) in [6.07, 6.45) is -1.59. The smallest absolute Gasteiger partial charge is 0.406 e. The van der Waals surface area contributed by atoms with Crippen molar-refractivity contribution in [1.82, 2.24) is 14.5 Å². The zero-order valence-electron chi connectivity index (χ0n) is 15.8. The third-order valence-corrected chi connectivity index (χ3v) is 6.05. The molecule has 0 saturated heterocycles. The number of halogens is 3. The van der Waals surface area contributed by atoms with Gasteiger partial charge in [-0.05, 0) is 30.3 Å². The number of carbonyl (C=O) groups excluding carboxylic acids is 1. The van der Waals surface area contributed by atoms with Gasteiger partial charge in [0.2, 0.25) is 0 Å². The lowest BCUT2D eigenvalue weighted by Gasteiger charge is -2.11. The topological polar surface area (TPSA) is 91.2 Å². The SMILES string of the molecule is CCS(=O)(=O)c1cc(C=O)cnc1-c1ncc(-c2ccc(OC(F)(F)F)cc2)n1C. The van der Waals surface area contributed by atoms with Gasteiger partial charge in [-0.1, -0.05) is 6.92 Å². The molecule has 0 radical (unpaired) electrons. The predicted octanol–water partition coefficient (Wildman–Crippen LogP) is 3.65. The maximum Gasteiger partial charge on any atom is 0.573 e. The quantitative estimate of drug-likeness (QED) is 0.545. The summed E-state index contributed by atoms with van der Waals surface area (Å²) >= 11 is 0. The average molecular weight is 439 g/mol. The Balaban J connectivity index is 2.05. The van der Waals surface area contributed by atoms with Gasteiger partial charge in [-0.25, -0.2) is 13.4 Å². The molecule has 3 rings (SSSR count). The number of aldehydes is 1.